The van der Waals surface area contributed by atoms with E-state index >= 15 is 0 Å². The molecule has 2 saturated heterocycles. The van der Waals surface area contributed by atoms with Crippen LogP contribution in [0.5, 0.6) is 6.01 Å². The van der Waals surface area contributed by atoms with Crippen LogP contribution in [0, 0.1) is 11.3 Å². The van der Waals surface area contributed by atoms with E-state index in [4.69, 9.17) is 37.8 Å². The predicted molar refractivity (Wildman–Crippen MR) is 253 cm³/mol. The lowest BCUT2D eigenvalue weighted by Crippen LogP contribution is -2.55. The molecular formula is C50H59N7O9S. The van der Waals surface area contributed by atoms with Gasteiger partial charge in [0, 0.05) is 55.4 Å². The number of fused-ring (bicyclic) bond motifs is 2. The lowest BCUT2D eigenvalue weighted by Gasteiger charge is -2.42. The van der Waals surface area contributed by atoms with Gasteiger partial charge in [-0.2, -0.15) is 23.6 Å². The number of nitrogens with zero attached hydrogens (tertiary/aromatic N) is 7. The van der Waals surface area contributed by atoms with Crippen molar-refractivity contribution in [1.29, 1.82) is 5.26 Å². The van der Waals surface area contributed by atoms with Crippen LogP contribution in [0.25, 0.3) is 10.8 Å². The van der Waals surface area contributed by atoms with E-state index in [9.17, 15) is 18.5 Å². The van der Waals surface area contributed by atoms with Gasteiger partial charge in [-0.3, -0.25) is 9.08 Å². The fraction of sp³-hybridized carbons (Fsp3) is 0.440. The molecule has 5 aromatic rings. The summed E-state index contributed by atoms with van der Waals surface area (Å²) in [4.78, 5) is 32.0. The van der Waals surface area contributed by atoms with Crippen LogP contribution in [0.15, 0.2) is 103 Å². The zero-order valence-electron chi connectivity index (χ0n) is 38.0. The van der Waals surface area contributed by atoms with Crippen LogP contribution in [0.3, 0.4) is 0 Å². The Kier molecular flexibility index (Phi) is 16.5. The molecule has 17 heteroatoms. The van der Waals surface area contributed by atoms with Crippen LogP contribution in [0.4, 0.5) is 16.3 Å². The van der Waals surface area contributed by atoms with Gasteiger partial charge in [-0.25, -0.2) is 4.79 Å². The number of anilines is 2. The molecule has 0 radical (unpaired) electrons. The summed E-state index contributed by atoms with van der Waals surface area (Å²) in [5, 5.41) is 12.2. The van der Waals surface area contributed by atoms with E-state index in [1.54, 1.807) is 29.2 Å². The van der Waals surface area contributed by atoms with E-state index < -0.39 is 16.2 Å². The third-order valence-corrected chi connectivity index (χ3v) is 13.6. The van der Waals surface area contributed by atoms with E-state index in [2.05, 4.69) is 70.3 Å². The summed E-state index contributed by atoms with van der Waals surface area (Å²) < 4.78 is 59.0. The number of rotatable bonds is 21. The number of ether oxygens (including phenoxy) is 5. The number of likely N-dealkylation sites (N-methyl/N-ethyl adjacent to an activating group) is 1. The number of aromatic nitrogens is 2. The minimum Gasteiger partial charge on any atom is -0.462 e. The van der Waals surface area contributed by atoms with Crippen molar-refractivity contribution < 1.29 is 41.1 Å². The first-order valence-electron chi connectivity index (χ1n) is 23.0. The quantitative estimate of drug-likeness (QED) is 0.0622. The molecule has 1 amide bonds. The minimum absolute atomic E-state index is 0.00422. The van der Waals surface area contributed by atoms with Crippen molar-refractivity contribution in [2.75, 3.05) is 95.8 Å². The minimum atomic E-state index is -3.68. The van der Waals surface area contributed by atoms with Crippen LogP contribution in [-0.4, -0.2) is 138 Å². The second-order valence-electron chi connectivity index (χ2n) is 17.0. The van der Waals surface area contributed by atoms with Crippen molar-refractivity contribution in [3.63, 3.8) is 0 Å². The maximum Gasteiger partial charge on any atom is 0.410 e. The van der Waals surface area contributed by atoms with Crippen molar-refractivity contribution in [3.05, 3.63) is 126 Å². The molecule has 8 rings (SSSR count). The van der Waals surface area contributed by atoms with Crippen molar-refractivity contribution in [3.8, 4) is 12.1 Å². The van der Waals surface area contributed by atoms with Gasteiger partial charge in [-0.15, -0.1) is 0 Å². The van der Waals surface area contributed by atoms with Crippen molar-refractivity contribution in [2.24, 2.45) is 0 Å². The van der Waals surface area contributed by atoms with Gasteiger partial charge < -0.3 is 38.4 Å². The van der Waals surface area contributed by atoms with Crippen LogP contribution in [-0.2, 0) is 58.6 Å². The Labute approximate surface area is 393 Å². The Bertz CT molecular complexity index is 2550. The summed E-state index contributed by atoms with van der Waals surface area (Å²) in [5.41, 5.74) is 4.67. The first-order chi connectivity index (χ1) is 32.7. The molecule has 3 atom stereocenters. The highest BCUT2D eigenvalue weighted by Crippen LogP contribution is 2.35. The number of carbonyl (C=O) groups excluding carboxylic acids is 1. The number of nitriles is 1. The maximum atomic E-state index is 13.4. The van der Waals surface area contributed by atoms with E-state index in [1.807, 2.05) is 36.4 Å². The number of amides is 1. The van der Waals surface area contributed by atoms with Gasteiger partial charge in [0.1, 0.15) is 24.8 Å². The van der Waals surface area contributed by atoms with Gasteiger partial charge in [0.2, 0.25) is 0 Å². The Morgan fingerprint density at radius 1 is 0.776 bits per heavy atom. The predicted octanol–water partition coefficient (Wildman–Crippen LogP) is 5.98. The van der Waals surface area contributed by atoms with Gasteiger partial charge in [0.25, 0.3) is 10.1 Å². The van der Waals surface area contributed by atoms with Gasteiger partial charge >= 0.3 is 12.1 Å². The zero-order chi connectivity index (χ0) is 46.4. The Morgan fingerprint density at radius 2 is 1.49 bits per heavy atom. The van der Waals surface area contributed by atoms with Crippen molar-refractivity contribution in [2.45, 2.75) is 56.4 Å². The number of hydrogen-bond donors (Lipinski definition) is 0. The second-order valence-corrected chi connectivity index (χ2v) is 18.6. The fourth-order valence-corrected chi connectivity index (χ4v) is 9.93. The summed E-state index contributed by atoms with van der Waals surface area (Å²) in [5.74, 6) is 0.603. The number of carbonyl (C=O) groups is 1. The summed E-state index contributed by atoms with van der Waals surface area (Å²) in [6.07, 6.45) is 1.20. The second kappa shape index (κ2) is 23.2. The average molecular weight is 934 g/mol. The smallest absolute Gasteiger partial charge is 0.410 e. The standard InChI is InChI=1S/C50H59N7O9S/c1-54-33-43(63-29-27-61-25-26-62-28-30-66-67(59,60)37-39-13-6-3-7-14-39)31-42(54)36-64-49-52-46-34-55(47-18-10-16-40-15-8-9-17-44(40)47)22-20-45(46)48(53-49)56-23-24-57(41(32-56)19-21-51)50(58)65-35-38-11-4-2-5-12-38/h2-18,41-43H,19-20,22-37H2,1H3/t41-,42-,43+/m0/s1. The van der Waals surface area contributed by atoms with Crippen LogP contribution >= 0.6 is 0 Å². The molecule has 67 heavy (non-hydrogen) atoms. The van der Waals surface area contributed by atoms with E-state index in [1.165, 1.54) is 10.8 Å². The molecule has 0 N–H and O–H groups in total. The Balaban J connectivity index is 0.850. The number of hydrogen-bond acceptors (Lipinski definition) is 15. The molecule has 4 heterocycles. The van der Waals surface area contributed by atoms with Crippen molar-refractivity contribution >= 4 is 38.5 Å². The topological polar surface area (TPSA) is 169 Å². The summed E-state index contributed by atoms with van der Waals surface area (Å²) in [6, 6.07) is 35.5. The molecule has 2 fully saturated rings. The molecule has 0 spiro atoms. The molecule has 3 aliphatic heterocycles. The number of piperazine rings is 1. The lowest BCUT2D eigenvalue weighted by atomic mass is 10.0. The van der Waals surface area contributed by atoms with Gasteiger partial charge in [0.15, 0.2) is 0 Å². The zero-order valence-corrected chi connectivity index (χ0v) is 38.8. The molecular weight excluding hydrogens is 875 g/mol. The number of likely N-dealkylation sites (tertiary alicyclic amines) is 1. The summed E-state index contributed by atoms with van der Waals surface area (Å²) in [6.45, 7) is 5.47. The summed E-state index contributed by atoms with van der Waals surface area (Å²) >= 11 is 0. The highest BCUT2D eigenvalue weighted by molar-refractivity contribution is 7.85. The van der Waals surface area contributed by atoms with Gasteiger partial charge in [0.05, 0.1) is 76.5 Å². The van der Waals surface area contributed by atoms with Crippen LogP contribution in [0.2, 0.25) is 0 Å². The molecule has 16 nitrogen and oxygen atoms in total. The van der Waals surface area contributed by atoms with Crippen LogP contribution in [0.1, 0.15) is 35.2 Å². The average Bonchev–Trinajstić information content (AvgIpc) is 3.71. The molecule has 0 bridgehead atoms. The van der Waals surface area contributed by atoms with E-state index in [-0.39, 0.29) is 50.2 Å². The molecule has 1 aromatic heterocycles. The lowest BCUT2D eigenvalue weighted by molar-refractivity contribution is -0.0103. The van der Waals surface area contributed by atoms with Gasteiger partial charge in [-0.05, 0) is 42.5 Å². The largest absolute Gasteiger partial charge is 0.462 e. The molecule has 0 unspecified atom stereocenters. The maximum absolute atomic E-state index is 13.4. The molecule has 0 aliphatic carbocycles. The molecule has 0 saturated carbocycles. The van der Waals surface area contributed by atoms with Crippen LogP contribution < -0.4 is 14.5 Å². The fourth-order valence-electron chi connectivity index (χ4n) is 8.93. The highest BCUT2D eigenvalue weighted by atomic mass is 32.2. The normalized spacial score (nSPS) is 18.7. The van der Waals surface area contributed by atoms with Gasteiger partial charge in [-0.1, -0.05) is 97.1 Å². The van der Waals surface area contributed by atoms with E-state index in [0.717, 1.165) is 47.8 Å². The summed E-state index contributed by atoms with van der Waals surface area (Å²) in [7, 11) is -1.63. The molecule has 354 valence electrons. The SMILES string of the molecule is CN1C[C@H](OCCOCCOCCOS(=O)(=O)Cc2ccccc2)C[C@H]1COc1nc2c(c(N3CCN(C(=O)OCc4ccccc4)[C@@H](CC#N)C3)n1)CCN(c1cccc3ccccc13)C2. The Hall–Kier alpha value is -5.87. The van der Waals surface area contributed by atoms with Crippen molar-refractivity contribution in [1.82, 2.24) is 19.8 Å². The van der Waals surface area contributed by atoms with E-state index in [0.29, 0.717) is 77.2 Å². The molecule has 4 aromatic carbocycles. The monoisotopic (exact) mass is 933 g/mol. The highest BCUT2D eigenvalue weighted by Gasteiger charge is 2.36. The number of benzene rings is 4. The first kappa shape index (κ1) is 47.6. The third-order valence-electron chi connectivity index (χ3n) is 12.4. The first-order valence-corrected chi connectivity index (χ1v) is 24.5. The molecule has 3 aliphatic rings. The Morgan fingerprint density at radius 3 is 2.28 bits per heavy atom. The third kappa shape index (κ3) is 13.0.